The Kier molecular flexibility index (Phi) is 5.98. The number of carbonyl (C=O) groups excluding carboxylic acids is 1. The first-order chi connectivity index (χ1) is 16.9. The molecular weight excluding hydrogens is 475 g/mol. The minimum absolute atomic E-state index is 0.0298. The Morgan fingerprint density at radius 2 is 2.00 bits per heavy atom. The van der Waals surface area contributed by atoms with Crippen molar-refractivity contribution in [1.82, 2.24) is 25.4 Å². The molecule has 0 aliphatic carbocycles. The molecule has 1 aliphatic rings. The van der Waals surface area contributed by atoms with E-state index in [1.807, 2.05) is 13.8 Å². The van der Waals surface area contributed by atoms with Crippen molar-refractivity contribution in [2.45, 2.75) is 45.2 Å². The number of benzene rings is 2. The smallest absolute Gasteiger partial charge is 0.313 e. The van der Waals surface area contributed by atoms with Crippen LogP contribution in [0.1, 0.15) is 44.0 Å². The number of fused-ring (bicyclic) bond motifs is 2. The summed E-state index contributed by atoms with van der Waals surface area (Å²) in [5.41, 5.74) is 3.36. The number of rotatable bonds is 4. The molecule has 0 fully saturated rings. The quantitative estimate of drug-likeness (QED) is 0.406. The van der Waals surface area contributed by atoms with Crippen LogP contribution in [-0.4, -0.2) is 37.5 Å². The van der Waals surface area contributed by atoms with E-state index >= 15 is 4.39 Å². The molecule has 0 bridgehead atoms. The summed E-state index contributed by atoms with van der Waals surface area (Å²) in [7, 11) is 0. The average Bonchev–Trinajstić information content (AvgIpc) is 3.32. The molecular formula is C24H22ClFN6O3. The molecule has 0 radical (unpaired) electrons. The van der Waals surface area contributed by atoms with Crippen molar-refractivity contribution in [2.75, 3.05) is 5.32 Å². The van der Waals surface area contributed by atoms with Crippen LogP contribution in [0.25, 0.3) is 22.2 Å². The van der Waals surface area contributed by atoms with Crippen molar-refractivity contribution in [1.29, 1.82) is 0 Å². The topological polar surface area (TPSA) is 117 Å². The van der Waals surface area contributed by atoms with Gasteiger partial charge in [0.15, 0.2) is 0 Å². The first-order valence-corrected chi connectivity index (χ1v) is 11.7. The van der Waals surface area contributed by atoms with Crippen LogP contribution >= 0.6 is 11.6 Å². The highest BCUT2D eigenvalue weighted by atomic mass is 35.5. The highest BCUT2D eigenvalue weighted by molar-refractivity contribution is 6.33. The molecule has 9 nitrogen and oxygen atoms in total. The van der Waals surface area contributed by atoms with Crippen molar-refractivity contribution in [3.63, 3.8) is 0 Å². The van der Waals surface area contributed by atoms with Crippen LogP contribution in [-0.2, 0) is 6.42 Å². The number of aromatic nitrogens is 4. The zero-order valence-corrected chi connectivity index (χ0v) is 19.8. The van der Waals surface area contributed by atoms with Gasteiger partial charge in [-0.3, -0.25) is 4.79 Å². The van der Waals surface area contributed by atoms with E-state index in [0.29, 0.717) is 47.1 Å². The molecule has 0 saturated carbocycles. The van der Waals surface area contributed by atoms with Crippen molar-refractivity contribution in [3.8, 4) is 11.1 Å². The normalized spacial score (nSPS) is 17.4. The molecule has 1 aliphatic heterocycles. The van der Waals surface area contributed by atoms with Gasteiger partial charge in [-0.15, -0.1) is 0 Å². The summed E-state index contributed by atoms with van der Waals surface area (Å²) in [5.74, 6) is -0.628. The standard InChI is InChI=1S/C24H22ClFN6O3/c1-3-14-7-13-9-22(33)28-29-23(13)21(4-2)32(14)24(34)27-19-11-16(25)15(10-17(19)26)12-5-6-18-20(8-12)31-35-30-18/h5-6,8-11,14,21H,3-4,7H2,1-2H3,(H,27,34)(H,28,33). The lowest BCUT2D eigenvalue weighted by molar-refractivity contribution is 0.135. The zero-order chi connectivity index (χ0) is 24.7. The summed E-state index contributed by atoms with van der Waals surface area (Å²) < 4.78 is 19.9. The molecule has 0 spiro atoms. The van der Waals surface area contributed by atoms with E-state index in [-0.39, 0.29) is 28.4 Å². The van der Waals surface area contributed by atoms with Crippen LogP contribution in [0.4, 0.5) is 14.9 Å². The van der Waals surface area contributed by atoms with Gasteiger partial charge >= 0.3 is 6.03 Å². The molecule has 2 aromatic carbocycles. The summed E-state index contributed by atoms with van der Waals surface area (Å²) in [6.45, 7) is 3.91. The molecule has 2 aromatic heterocycles. The molecule has 2 atom stereocenters. The lowest BCUT2D eigenvalue weighted by Gasteiger charge is -2.41. The zero-order valence-electron chi connectivity index (χ0n) is 19.0. The Hall–Kier alpha value is -3.79. The maximum absolute atomic E-state index is 15.1. The Bertz CT molecular complexity index is 1490. The highest BCUT2D eigenvalue weighted by Gasteiger charge is 2.37. The number of anilines is 1. The largest absolute Gasteiger partial charge is 0.322 e. The number of halogens is 2. The van der Waals surface area contributed by atoms with E-state index in [4.69, 9.17) is 16.2 Å². The molecule has 2 unspecified atom stereocenters. The second-order valence-electron chi connectivity index (χ2n) is 8.45. The first-order valence-electron chi connectivity index (χ1n) is 11.3. The van der Waals surface area contributed by atoms with Gasteiger partial charge in [0.25, 0.3) is 5.56 Å². The van der Waals surface area contributed by atoms with E-state index in [1.54, 1.807) is 23.1 Å². The second-order valence-corrected chi connectivity index (χ2v) is 8.86. The highest BCUT2D eigenvalue weighted by Crippen LogP contribution is 2.37. The minimum Gasteiger partial charge on any atom is -0.313 e. The van der Waals surface area contributed by atoms with Gasteiger partial charge < -0.3 is 10.2 Å². The number of hydrogen-bond donors (Lipinski definition) is 2. The summed E-state index contributed by atoms with van der Waals surface area (Å²) in [4.78, 5) is 26.8. The van der Waals surface area contributed by atoms with E-state index in [1.165, 1.54) is 18.2 Å². The van der Waals surface area contributed by atoms with Gasteiger partial charge in [0.2, 0.25) is 0 Å². The molecule has 0 saturated heterocycles. The number of amides is 2. The SMILES string of the molecule is CCC1Cc2cc(=O)[nH]nc2C(CC)N1C(=O)Nc1cc(Cl)c(-c2ccc3nonc3c2)cc1F. The van der Waals surface area contributed by atoms with Gasteiger partial charge in [0.05, 0.1) is 22.4 Å². The van der Waals surface area contributed by atoms with Gasteiger partial charge in [-0.2, -0.15) is 5.10 Å². The lowest BCUT2D eigenvalue weighted by Crippen LogP contribution is -2.49. The van der Waals surface area contributed by atoms with Crippen LogP contribution < -0.4 is 10.9 Å². The summed E-state index contributed by atoms with van der Waals surface area (Å²) in [5, 5.41) is 17.2. The average molecular weight is 497 g/mol. The molecule has 11 heteroatoms. The fourth-order valence-electron chi connectivity index (χ4n) is 4.67. The van der Waals surface area contributed by atoms with Crippen molar-refractivity contribution >= 4 is 34.4 Å². The minimum atomic E-state index is -0.628. The number of hydrogen-bond acceptors (Lipinski definition) is 6. The number of nitrogens with zero attached hydrogens (tertiary/aromatic N) is 4. The molecule has 4 aromatic rings. The van der Waals surface area contributed by atoms with Crippen molar-refractivity contribution < 1.29 is 13.8 Å². The van der Waals surface area contributed by atoms with Gasteiger partial charge in [-0.25, -0.2) is 18.9 Å². The predicted molar refractivity (Wildman–Crippen MR) is 129 cm³/mol. The van der Waals surface area contributed by atoms with E-state index in [0.717, 1.165) is 5.56 Å². The third-order valence-corrected chi connectivity index (χ3v) is 6.69. The van der Waals surface area contributed by atoms with Crippen LogP contribution in [0.5, 0.6) is 0 Å². The monoisotopic (exact) mass is 496 g/mol. The third-order valence-electron chi connectivity index (χ3n) is 6.38. The Balaban J connectivity index is 1.45. The number of carbonyl (C=O) groups is 1. The van der Waals surface area contributed by atoms with E-state index in [2.05, 4.69) is 25.8 Å². The van der Waals surface area contributed by atoms with Crippen molar-refractivity contribution in [2.24, 2.45) is 0 Å². The number of urea groups is 1. The van der Waals surface area contributed by atoms with Gasteiger partial charge in [0, 0.05) is 17.7 Å². The number of nitrogens with one attached hydrogen (secondary N) is 2. The number of aromatic amines is 1. The Morgan fingerprint density at radius 3 is 2.77 bits per heavy atom. The first kappa shape index (κ1) is 23.0. The van der Waals surface area contributed by atoms with Crippen molar-refractivity contribution in [3.05, 3.63) is 68.8 Å². The van der Waals surface area contributed by atoms with Crippen LogP contribution in [0.2, 0.25) is 5.02 Å². The van der Waals surface area contributed by atoms with Crippen LogP contribution in [0, 0.1) is 5.82 Å². The van der Waals surface area contributed by atoms with Crippen LogP contribution in [0.15, 0.2) is 45.8 Å². The van der Waals surface area contributed by atoms with Gasteiger partial charge in [-0.1, -0.05) is 31.5 Å². The fraction of sp³-hybridized carbons (Fsp3) is 0.292. The molecule has 5 rings (SSSR count). The predicted octanol–water partition coefficient (Wildman–Crippen LogP) is 5.09. The Labute approximate surface area is 204 Å². The molecule has 3 heterocycles. The van der Waals surface area contributed by atoms with Gasteiger partial charge in [-0.05, 0) is 65.0 Å². The summed E-state index contributed by atoms with van der Waals surface area (Å²) in [6.07, 6.45) is 1.74. The molecule has 35 heavy (non-hydrogen) atoms. The van der Waals surface area contributed by atoms with Crippen LogP contribution in [0.3, 0.4) is 0 Å². The maximum atomic E-state index is 15.1. The number of H-pyrrole nitrogens is 1. The molecule has 2 amide bonds. The van der Waals surface area contributed by atoms with E-state index < -0.39 is 11.8 Å². The summed E-state index contributed by atoms with van der Waals surface area (Å²) >= 11 is 6.49. The summed E-state index contributed by atoms with van der Waals surface area (Å²) in [6, 6.07) is 8.36. The molecule has 2 N–H and O–H groups in total. The fourth-order valence-corrected chi connectivity index (χ4v) is 4.95. The molecule has 180 valence electrons. The lowest BCUT2D eigenvalue weighted by atomic mass is 9.90. The van der Waals surface area contributed by atoms with E-state index in [9.17, 15) is 9.59 Å². The van der Waals surface area contributed by atoms with Gasteiger partial charge in [0.1, 0.15) is 16.9 Å². The second kappa shape index (κ2) is 9.10. The third kappa shape index (κ3) is 4.14. The Morgan fingerprint density at radius 1 is 1.20 bits per heavy atom. The maximum Gasteiger partial charge on any atom is 0.322 e.